The number of hydrogen-bond donors (Lipinski definition) is 2. The number of nitrogens with one attached hydrogen (secondary N) is 1. The van der Waals surface area contributed by atoms with Crippen molar-refractivity contribution in [2.75, 3.05) is 5.32 Å². The molecule has 4 aromatic rings. The zero-order chi connectivity index (χ0) is 26.6. The Hall–Kier alpha value is -4.78. The highest BCUT2D eigenvalue weighted by Crippen LogP contribution is 2.34. The Morgan fingerprint density at radius 2 is 1.71 bits per heavy atom. The summed E-state index contributed by atoms with van der Waals surface area (Å²) >= 11 is 0. The Morgan fingerprint density at radius 1 is 0.921 bits per heavy atom. The molecule has 6 nitrogen and oxygen atoms in total. The number of hydrogen-bond acceptors (Lipinski definition) is 4. The molecule has 5 rings (SSSR count). The standard InChI is InChI=1S/C31H25FN2O4/c32-30-24(22-7-2-1-3-8-22)16-17-26(31(35)36)25(30)15-13-20-14-18-28(29(19-20)34(37)38)33-27-12-6-10-21-9-4-5-11-23(21)27/h1-3,6-8,10,12-19,33H,4-5,9,11H2,(H,35,36)/b15-13+. The third kappa shape index (κ3) is 5.04. The van der Waals surface area contributed by atoms with Crippen LogP contribution in [0, 0.1) is 15.9 Å². The minimum Gasteiger partial charge on any atom is -0.478 e. The number of nitro groups is 1. The van der Waals surface area contributed by atoms with Gasteiger partial charge >= 0.3 is 5.97 Å². The average Bonchev–Trinajstić information content (AvgIpc) is 2.93. The molecule has 0 saturated heterocycles. The molecule has 0 bridgehead atoms. The van der Waals surface area contributed by atoms with Gasteiger partial charge in [-0.3, -0.25) is 10.1 Å². The molecule has 0 heterocycles. The van der Waals surface area contributed by atoms with Crippen molar-refractivity contribution in [1.29, 1.82) is 0 Å². The summed E-state index contributed by atoms with van der Waals surface area (Å²) in [7, 11) is 0. The summed E-state index contributed by atoms with van der Waals surface area (Å²) in [4.78, 5) is 23.3. The van der Waals surface area contributed by atoms with E-state index >= 15 is 4.39 Å². The van der Waals surface area contributed by atoms with Gasteiger partial charge < -0.3 is 10.4 Å². The molecule has 0 spiro atoms. The van der Waals surface area contributed by atoms with Gasteiger partial charge in [-0.15, -0.1) is 0 Å². The van der Waals surface area contributed by atoms with Crippen LogP contribution in [-0.4, -0.2) is 16.0 Å². The maximum atomic E-state index is 15.5. The summed E-state index contributed by atoms with van der Waals surface area (Å²) in [6, 6.07) is 22.3. The smallest absolute Gasteiger partial charge is 0.336 e. The van der Waals surface area contributed by atoms with Crippen molar-refractivity contribution in [3.8, 4) is 11.1 Å². The molecule has 0 aliphatic heterocycles. The quantitative estimate of drug-likeness (QED) is 0.150. The Balaban J connectivity index is 1.50. The predicted molar refractivity (Wildman–Crippen MR) is 147 cm³/mol. The minimum atomic E-state index is -1.26. The van der Waals surface area contributed by atoms with E-state index in [4.69, 9.17) is 0 Å². The molecule has 0 fully saturated rings. The van der Waals surface area contributed by atoms with Crippen molar-refractivity contribution >= 4 is 35.2 Å². The third-order valence-electron chi connectivity index (χ3n) is 6.82. The second-order valence-corrected chi connectivity index (χ2v) is 9.20. The monoisotopic (exact) mass is 508 g/mol. The van der Waals surface area contributed by atoms with E-state index in [2.05, 4.69) is 11.4 Å². The van der Waals surface area contributed by atoms with Crippen LogP contribution in [0.4, 0.5) is 21.5 Å². The molecular weight excluding hydrogens is 483 g/mol. The van der Waals surface area contributed by atoms with Gasteiger partial charge in [0.1, 0.15) is 11.5 Å². The number of aromatic carboxylic acids is 1. The summed E-state index contributed by atoms with van der Waals surface area (Å²) in [5.74, 6) is -1.94. The lowest BCUT2D eigenvalue weighted by Gasteiger charge is -2.20. The van der Waals surface area contributed by atoms with Crippen molar-refractivity contribution in [2.24, 2.45) is 0 Å². The number of benzene rings is 4. The van der Waals surface area contributed by atoms with Crippen LogP contribution >= 0.6 is 0 Å². The summed E-state index contributed by atoms with van der Waals surface area (Å²) in [5.41, 5.74) is 4.58. The zero-order valence-corrected chi connectivity index (χ0v) is 20.5. The van der Waals surface area contributed by atoms with Crippen molar-refractivity contribution in [3.63, 3.8) is 0 Å². The number of nitrogens with zero attached hydrogens (tertiary/aromatic N) is 1. The number of carboxylic acids is 1. The normalized spacial score (nSPS) is 12.8. The topological polar surface area (TPSA) is 92.5 Å². The first-order valence-corrected chi connectivity index (χ1v) is 12.4. The number of carboxylic acid groups (broad SMARTS) is 1. The van der Waals surface area contributed by atoms with Crippen LogP contribution in [0.1, 0.15) is 45.5 Å². The fourth-order valence-corrected chi connectivity index (χ4v) is 4.92. The summed E-state index contributed by atoms with van der Waals surface area (Å²) in [6.07, 6.45) is 6.98. The number of rotatable bonds is 7. The number of aryl methyl sites for hydroxylation is 1. The molecule has 0 aromatic heterocycles. The number of halogens is 1. The van der Waals surface area contributed by atoms with Gasteiger partial charge in [0, 0.05) is 22.9 Å². The van der Waals surface area contributed by atoms with Crippen LogP contribution in [0.25, 0.3) is 23.3 Å². The highest BCUT2D eigenvalue weighted by atomic mass is 19.1. The molecule has 1 aliphatic carbocycles. The molecule has 0 radical (unpaired) electrons. The van der Waals surface area contributed by atoms with Gasteiger partial charge in [0.2, 0.25) is 0 Å². The number of carbonyl (C=O) groups is 1. The molecule has 190 valence electrons. The first-order valence-electron chi connectivity index (χ1n) is 12.4. The molecule has 1 aliphatic rings. The van der Waals surface area contributed by atoms with E-state index < -0.39 is 16.7 Å². The fraction of sp³-hybridized carbons (Fsp3) is 0.129. The van der Waals surface area contributed by atoms with Gasteiger partial charge in [0.25, 0.3) is 5.69 Å². The highest BCUT2D eigenvalue weighted by Gasteiger charge is 2.19. The molecule has 0 amide bonds. The Bertz CT molecular complexity index is 1560. The fourth-order valence-electron chi connectivity index (χ4n) is 4.92. The van der Waals surface area contributed by atoms with Gasteiger partial charge in [-0.25, -0.2) is 9.18 Å². The van der Waals surface area contributed by atoms with Gasteiger partial charge in [-0.2, -0.15) is 0 Å². The van der Waals surface area contributed by atoms with Crippen molar-refractivity contribution in [3.05, 3.63) is 123 Å². The first-order chi connectivity index (χ1) is 18.4. The lowest BCUT2D eigenvalue weighted by Crippen LogP contribution is -2.07. The van der Waals surface area contributed by atoms with E-state index in [1.807, 2.05) is 18.2 Å². The van der Waals surface area contributed by atoms with Gasteiger partial charge in [-0.05, 0) is 66.1 Å². The molecule has 0 atom stereocenters. The predicted octanol–water partition coefficient (Wildman–Crippen LogP) is 7.89. The third-order valence-corrected chi connectivity index (χ3v) is 6.82. The van der Waals surface area contributed by atoms with E-state index in [1.54, 1.807) is 36.4 Å². The van der Waals surface area contributed by atoms with Crippen molar-refractivity contribution in [2.45, 2.75) is 25.7 Å². The lowest BCUT2D eigenvalue weighted by atomic mass is 9.90. The van der Waals surface area contributed by atoms with Crippen LogP contribution < -0.4 is 5.32 Å². The second-order valence-electron chi connectivity index (χ2n) is 9.20. The minimum absolute atomic E-state index is 0.0976. The molecule has 0 unspecified atom stereocenters. The van der Waals surface area contributed by atoms with E-state index in [0.717, 1.165) is 31.4 Å². The number of nitro benzene ring substituents is 1. The highest BCUT2D eigenvalue weighted by molar-refractivity contribution is 5.95. The molecule has 0 saturated carbocycles. The van der Waals surface area contributed by atoms with Crippen LogP contribution in [0.5, 0.6) is 0 Å². The summed E-state index contributed by atoms with van der Waals surface area (Å²) in [6.45, 7) is 0. The second kappa shape index (κ2) is 10.7. The van der Waals surface area contributed by atoms with E-state index in [1.165, 1.54) is 41.5 Å². The maximum absolute atomic E-state index is 15.5. The van der Waals surface area contributed by atoms with E-state index in [-0.39, 0.29) is 22.4 Å². The lowest BCUT2D eigenvalue weighted by molar-refractivity contribution is -0.383. The first kappa shape index (κ1) is 24.9. The SMILES string of the molecule is O=C(O)c1ccc(-c2ccccc2)c(F)c1/C=C/c1ccc(Nc2cccc3c2CCCC3)c([N+](=O)[O-])c1. The molecule has 7 heteroatoms. The average molecular weight is 509 g/mol. The van der Waals surface area contributed by atoms with Crippen molar-refractivity contribution in [1.82, 2.24) is 0 Å². The molecule has 4 aromatic carbocycles. The summed E-state index contributed by atoms with van der Waals surface area (Å²) < 4.78 is 15.5. The maximum Gasteiger partial charge on any atom is 0.336 e. The van der Waals surface area contributed by atoms with Gasteiger partial charge in [0.15, 0.2) is 0 Å². The Labute approximate surface area is 219 Å². The van der Waals surface area contributed by atoms with Crippen LogP contribution in [-0.2, 0) is 12.8 Å². The number of fused-ring (bicyclic) bond motifs is 1. The van der Waals surface area contributed by atoms with Gasteiger partial charge in [-0.1, -0.05) is 66.7 Å². The zero-order valence-electron chi connectivity index (χ0n) is 20.5. The van der Waals surface area contributed by atoms with Gasteiger partial charge in [0.05, 0.1) is 10.5 Å². The van der Waals surface area contributed by atoms with E-state index in [0.29, 0.717) is 16.8 Å². The van der Waals surface area contributed by atoms with Crippen molar-refractivity contribution < 1.29 is 19.2 Å². The summed E-state index contributed by atoms with van der Waals surface area (Å²) in [5, 5.41) is 24.8. The number of anilines is 2. The molecule has 38 heavy (non-hydrogen) atoms. The molecular formula is C31H25FN2O4. The van der Waals surface area contributed by atoms with Crippen LogP contribution in [0.2, 0.25) is 0 Å². The Morgan fingerprint density at radius 3 is 2.47 bits per heavy atom. The van der Waals surface area contributed by atoms with Crippen LogP contribution in [0.3, 0.4) is 0 Å². The Kier molecular flexibility index (Phi) is 7.00. The molecule has 2 N–H and O–H groups in total. The van der Waals surface area contributed by atoms with E-state index in [9.17, 15) is 20.0 Å². The largest absolute Gasteiger partial charge is 0.478 e. The van der Waals surface area contributed by atoms with Crippen LogP contribution in [0.15, 0.2) is 78.9 Å².